The molecule has 0 aliphatic carbocycles. The van der Waals surface area contributed by atoms with Crippen LogP contribution in [0.5, 0.6) is 5.75 Å². The molecule has 38 heavy (non-hydrogen) atoms. The highest BCUT2D eigenvalue weighted by molar-refractivity contribution is 7.52. The van der Waals surface area contributed by atoms with Gasteiger partial charge in [-0.1, -0.05) is 23.3 Å². The zero-order valence-corrected chi connectivity index (χ0v) is 21.4. The van der Waals surface area contributed by atoms with Crippen LogP contribution < -0.4 is 20.9 Å². The average molecular weight is 554 g/mol. The van der Waals surface area contributed by atoms with Gasteiger partial charge in [0.05, 0.1) is 12.7 Å². The lowest BCUT2D eigenvalue weighted by Crippen LogP contribution is -2.46. The van der Waals surface area contributed by atoms with Gasteiger partial charge in [-0.3, -0.25) is 23.7 Å². The van der Waals surface area contributed by atoms with E-state index in [0.29, 0.717) is 0 Å². The molecule has 1 aromatic heterocycles. The minimum atomic E-state index is -4.49. The molecule has 206 valence electrons. The molecule has 1 saturated heterocycles. The summed E-state index contributed by atoms with van der Waals surface area (Å²) in [4.78, 5) is 40.5. The van der Waals surface area contributed by atoms with E-state index in [4.69, 9.17) is 24.1 Å². The van der Waals surface area contributed by atoms with Gasteiger partial charge in [0, 0.05) is 17.2 Å². The van der Waals surface area contributed by atoms with Crippen LogP contribution in [0, 0.1) is 0 Å². The Hall–Kier alpha value is -3.49. The summed E-state index contributed by atoms with van der Waals surface area (Å²) >= 11 is 0. The average Bonchev–Trinajstić information content (AvgIpc) is 3.09. The molecule has 0 bridgehead atoms. The van der Waals surface area contributed by atoms with Crippen LogP contribution in [0.2, 0.25) is 0 Å². The van der Waals surface area contributed by atoms with E-state index in [1.54, 1.807) is 32.0 Å². The number of aromatic amines is 1. The highest BCUT2D eigenvalue weighted by Gasteiger charge is 2.56. The first-order valence-electron chi connectivity index (χ1n) is 11.3. The molecule has 3 rings (SSSR count). The number of hydrogen-bond donors (Lipinski definition) is 4. The van der Waals surface area contributed by atoms with Gasteiger partial charge in [0.15, 0.2) is 6.23 Å². The van der Waals surface area contributed by atoms with Crippen molar-refractivity contribution >= 4 is 13.7 Å². The maximum atomic E-state index is 13.7. The molecule has 0 radical (unpaired) electrons. The normalized spacial score (nSPS) is 25.3. The van der Waals surface area contributed by atoms with Crippen molar-refractivity contribution in [1.29, 1.82) is 0 Å². The number of carbonyl (C=O) groups excluding carboxylic acids is 1. The number of carbonyl (C=O) groups is 1. The van der Waals surface area contributed by atoms with Crippen molar-refractivity contribution in [3.8, 4) is 5.75 Å². The Morgan fingerprint density at radius 1 is 1.29 bits per heavy atom. The van der Waals surface area contributed by atoms with Gasteiger partial charge in [-0.25, -0.2) is 9.36 Å². The predicted octanol–water partition coefficient (Wildman–Crippen LogP) is 0.927. The summed E-state index contributed by atoms with van der Waals surface area (Å²) in [6.07, 6.45) is -4.94. The molecule has 2 aromatic rings. The minimum absolute atomic E-state index is 0.0798. The molecule has 4 N–H and O–H groups in total. The molecule has 17 heteroatoms. The Balaban J connectivity index is 1.91. The van der Waals surface area contributed by atoms with Crippen LogP contribution in [0.15, 0.2) is 57.3 Å². The van der Waals surface area contributed by atoms with Crippen LogP contribution >= 0.6 is 7.75 Å². The smallest absolute Gasteiger partial charge is 0.459 e. The fraction of sp³-hybridized carbons (Fsp3) is 0.476. The van der Waals surface area contributed by atoms with Gasteiger partial charge in [-0.05, 0) is 38.4 Å². The highest BCUT2D eigenvalue weighted by Crippen LogP contribution is 2.48. The van der Waals surface area contributed by atoms with E-state index in [-0.39, 0.29) is 5.75 Å². The summed E-state index contributed by atoms with van der Waals surface area (Å²) in [5.74, 6) is -0.688. The molecule has 0 saturated carbocycles. The van der Waals surface area contributed by atoms with Crippen LogP contribution in [0.25, 0.3) is 10.4 Å². The van der Waals surface area contributed by atoms with Crippen molar-refractivity contribution in [2.45, 2.75) is 57.1 Å². The van der Waals surface area contributed by atoms with Crippen LogP contribution in [-0.4, -0.2) is 62.4 Å². The first kappa shape index (κ1) is 29.1. The molecule has 16 nitrogen and oxygen atoms in total. The van der Waals surface area contributed by atoms with Crippen LogP contribution in [-0.2, 0) is 23.4 Å². The highest BCUT2D eigenvalue weighted by atomic mass is 31.2. The van der Waals surface area contributed by atoms with Crippen molar-refractivity contribution in [2.75, 3.05) is 6.61 Å². The first-order valence-corrected chi connectivity index (χ1v) is 12.8. The lowest BCUT2D eigenvalue weighted by atomic mass is 10.1. The summed E-state index contributed by atoms with van der Waals surface area (Å²) in [6.45, 7) is 3.63. The van der Waals surface area contributed by atoms with E-state index < -0.39 is 67.9 Å². The number of aromatic nitrogens is 2. The second kappa shape index (κ2) is 11.9. The zero-order valence-electron chi connectivity index (χ0n) is 20.5. The van der Waals surface area contributed by atoms with E-state index in [2.05, 4.69) is 15.1 Å². The van der Waals surface area contributed by atoms with Crippen molar-refractivity contribution in [3.05, 3.63) is 73.9 Å². The van der Waals surface area contributed by atoms with Gasteiger partial charge in [-0.2, -0.15) is 5.09 Å². The predicted molar refractivity (Wildman–Crippen MR) is 130 cm³/mol. The summed E-state index contributed by atoms with van der Waals surface area (Å²) in [7, 11) is -4.49. The Bertz CT molecular complexity index is 1340. The number of nitrogens with one attached hydrogen (secondary N) is 2. The SMILES string of the molecule is CC(C)OC(=O)C(C)NP(=O)(OC[C@@]1(N=[N+]=[N-])O[C@@H](n2ccc(=O)[nH]c2=O)[C@H](O)[C@@H]1O)Oc1ccccc1. The lowest BCUT2D eigenvalue weighted by Gasteiger charge is -2.29. The number of benzene rings is 1. The summed E-state index contributed by atoms with van der Waals surface area (Å²) < 4.78 is 36.1. The summed E-state index contributed by atoms with van der Waals surface area (Å²) in [5, 5.41) is 27.2. The van der Waals surface area contributed by atoms with Crippen molar-refractivity contribution in [2.24, 2.45) is 5.11 Å². The van der Waals surface area contributed by atoms with Crippen molar-refractivity contribution in [1.82, 2.24) is 14.6 Å². The number of ether oxygens (including phenoxy) is 2. The molecule has 1 aliphatic heterocycles. The third-order valence-corrected chi connectivity index (χ3v) is 6.83. The number of aliphatic hydroxyl groups excluding tert-OH is 2. The van der Waals surface area contributed by atoms with E-state index in [9.17, 15) is 29.2 Å². The molecule has 1 fully saturated rings. The number of H-pyrrole nitrogens is 1. The van der Waals surface area contributed by atoms with Crippen LogP contribution in [0.1, 0.15) is 27.0 Å². The Morgan fingerprint density at radius 3 is 2.58 bits per heavy atom. The van der Waals surface area contributed by atoms with Gasteiger partial charge in [0.2, 0.25) is 5.72 Å². The summed E-state index contributed by atoms with van der Waals surface area (Å²) in [5.41, 5.74) is 5.03. The summed E-state index contributed by atoms with van der Waals surface area (Å²) in [6, 6.07) is 7.54. The van der Waals surface area contributed by atoms with Crippen LogP contribution in [0.3, 0.4) is 0 Å². The number of aliphatic hydroxyl groups is 2. The second-order valence-corrected chi connectivity index (χ2v) is 10.2. The number of para-hydroxylation sites is 1. The fourth-order valence-corrected chi connectivity index (χ4v) is 4.95. The zero-order chi connectivity index (χ0) is 28.1. The van der Waals surface area contributed by atoms with Crippen LogP contribution in [0.4, 0.5) is 0 Å². The number of nitrogens with zero attached hydrogens (tertiary/aromatic N) is 4. The molecule has 2 heterocycles. The standard InChI is InChI=1S/C21H27N6O10P/c1-12(2)35-19(31)13(3)24-38(33,37-14-7-5-4-6-8-14)34-11-21(25-26-22)17(30)16(29)18(36-21)27-10-9-15(28)23-20(27)32/h4-10,12-13,16-18,29-30H,11H2,1-3H3,(H,24,33)(H,23,28,32)/t13?,16-,17+,18-,21-,38?/m1/s1. The van der Waals surface area contributed by atoms with E-state index in [0.717, 1.165) is 16.8 Å². The van der Waals surface area contributed by atoms with E-state index in [1.807, 2.05) is 4.98 Å². The number of rotatable bonds is 11. The van der Waals surface area contributed by atoms with E-state index >= 15 is 0 Å². The molecular formula is C21H27N6O10P. The van der Waals surface area contributed by atoms with Gasteiger partial charge in [0.25, 0.3) is 5.56 Å². The molecule has 1 aromatic carbocycles. The maximum Gasteiger partial charge on any atom is 0.459 e. The Morgan fingerprint density at radius 2 is 1.97 bits per heavy atom. The molecule has 2 unspecified atom stereocenters. The third kappa shape index (κ3) is 6.68. The van der Waals surface area contributed by atoms with Gasteiger partial charge in [-0.15, -0.1) is 0 Å². The number of azide groups is 1. The third-order valence-electron chi connectivity index (χ3n) is 5.21. The van der Waals surface area contributed by atoms with Gasteiger partial charge >= 0.3 is 19.4 Å². The maximum absolute atomic E-state index is 13.7. The molecule has 6 atom stereocenters. The van der Waals surface area contributed by atoms with Gasteiger partial charge < -0.3 is 24.2 Å². The second-order valence-electron chi connectivity index (χ2n) is 8.51. The molecule has 0 spiro atoms. The Labute approximate surface area is 215 Å². The molecular weight excluding hydrogens is 527 g/mol. The lowest BCUT2D eigenvalue weighted by molar-refractivity contribution is -0.149. The van der Waals surface area contributed by atoms with Crippen molar-refractivity contribution in [3.63, 3.8) is 0 Å². The first-order chi connectivity index (χ1) is 17.9. The monoisotopic (exact) mass is 554 g/mol. The van der Waals surface area contributed by atoms with Gasteiger partial charge in [0.1, 0.15) is 24.0 Å². The fourth-order valence-electron chi connectivity index (χ4n) is 3.44. The Kier molecular flexibility index (Phi) is 9.12. The minimum Gasteiger partial charge on any atom is -0.462 e. The van der Waals surface area contributed by atoms with Crippen molar-refractivity contribution < 1.29 is 38.1 Å². The molecule has 1 aliphatic rings. The largest absolute Gasteiger partial charge is 0.462 e. The topological polar surface area (TPSA) is 227 Å². The number of esters is 1. The number of hydrogen-bond acceptors (Lipinski definition) is 11. The van der Waals surface area contributed by atoms with E-state index in [1.165, 1.54) is 19.1 Å². The quantitative estimate of drug-likeness (QED) is 0.100. The molecule has 0 amide bonds.